The molecule has 0 amide bonds. The van der Waals surface area contributed by atoms with Crippen LogP contribution in [0.15, 0.2) is 60.7 Å². The molecule has 142 valence electrons. The van der Waals surface area contributed by atoms with Crippen LogP contribution in [0, 0.1) is 6.92 Å². The molecule has 0 saturated carbocycles. The van der Waals surface area contributed by atoms with Crippen LogP contribution < -0.4 is 14.8 Å². The summed E-state index contributed by atoms with van der Waals surface area (Å²) in [6, 6.07) is 19.4. The Balaban J connectivity index is 1.97. The summed E-state index contributed by atoms with van der Waals surface area (Å²) >= 11 is 0. The minimum Gasteiger partial charge on any atom is -0.502 e. The highest BCUT2D eigenvalue weighted by Crippen LogP contribution is 2.42. The first-order chi connectivity index (χ1) is 13.6. The zero-order valence-electron chi connectivity index (χ0n) is 15.9. The van der Waals surface area contributed by atoms with Crippen molar-refractivity contribution in [3.8, 4) is 28.5 Å². The lowest BCUT2D eigenvalue weighted by Gasteiger charge is -2.13. The van der Waals surface area contributed by atoms with E-state index in [1.807, 2.05) is 55.5 Å². The van der Waals surface area contributed by atoms with Crippen LogP contribution in [-0.4, -0.2) is 28.7 Å². The number of aromatic hydroxyl groups is 1. The number of para-hydroxylation sites is 1. The van der Waals surface area contributed by atoms with Gasteiger partial charge < -0.3 is 19.9 Å². The topological polar surface area (TPSA) is 68.0 Å². The first-order valence-corrected chi connectivity index (χ1v) is 8.88. The van der Waals surface area contributed by atoms with E-state index >= 15 is 0 Å². The molecular formula is C22H21N3O3. The first kappa shape index (κ1) is 17.7. The molecule has 0 fully saturated rings. The predicted octanol–water partition coefficient (Wildman–Crippen LogP) is 4.78. The number of anilines is 2. The standard InChI is InChI=1S/C22H21N3O3/c1-14-8-7-11-19-24-20(15-12-17(27-2)21(26)18(13-15)28-3)22(25(14)19)23-16-9-5-4-6-10-16/h4-13,23,26H,1-3H3. The van der Waals surface area contributed by atoms with Crippen LogP contribution >= 0.6 is 0 Å². The average molecular weight is 375 g/mol. The second-order valence-electron chi connectivity index (χ2n) is 6.39. The van der Waals surface area contributed by atoms with Gasteiger partial charge in [0, 0.05) is 16.9 Å². The van der Waals surface area contributed by atoms with Crippen LogP contribution in [-0.2, 0) is 0 Å². The molecule has 0 unspecified atom stereocenters. The third kappa shape index (κ3) is 2.99. The van der Waals surface area contributed by atoms with Gasteiger partial charge in [-0.25, -0.2) is 4.98 Å². The summed E-state index contributed by atoms with van der Waals surface area (Å²) in [5, 5.41) is 13.7. The van der Waals surface area contributed by atoms with Crippen LogP contribution in [0.25, 0.3) is 16.9 Å². The second kappa shape index (κ2) is 7.15. The van der Waals surface area contributed by atoms with Crippen LogP contribution in [0.1, 0.15) is 5.69 Å². The SMILES string of the molecule is COc1cc(-c2nc3cccc(C)n3c2Nc2ccccc2)cc(OC)c1O. The number of imidazole rings is 1. The van der Waals surface area contributed by atoms with E-state index in [2.05, 4.69) is 9.72 Å². The number of aryl methyl sites for hydroxylation is 1. The molecule has 4 aromatic rings. The smallest absolute Gasteiger partial charge is 0.200 e. The lowest BCUT2D eigenvalue weighted by molar-refractivity contribution is 0.340. The molecule has 2 aromatic heterocycles. The molecule has 6 heteroatoms. The molecule has 0 bridgehead atoms. The molecule has 2 aromatic carbocycles. The van der Waals surface area contributed by atoms with Crippen LogP contribution in [0.2, 0.25) is 0 Å². The number of nitrogens with one attached hydrogen (secondary N) is 1. The highest BCUT2D eigenvalue weighted by Gasteiger charge is 2.19. The summed E-state index contributed by atoms with van der Waals surface area (Å²) in [5.74, 6) is 1.45. The summed E-state index contributed by atoms with van der Waals surface area (Å²) in [6.45, 7) is 2.03. The van der Waals surface area contributed by atoms with Crippen molar-refractivity contribution >= 4 is 17.2 Å². The molecule has 0 aliphatic heterocycles. The molecule has 0 aliphatic carbocycles. The van der Waals surface area contributed by atoms with Gasteiger partial charge in [-0.3, -0.25) is 4.40 Å². The molecule has 4 rings (SSSR count). The van der Waals surface area contributed by atoms with Gasteiger partial charge in [-0.15, -0.1) is 0 Å². The van der Waals surface area contributed by atoms with Gasteiger partial charge in [0.05, 0.1) is 14.2 Å². The number of aromatic nitrogens is 2. The molecular weight excluding hydrogens is 354 g/mol. The lowest BCUT2D eigenvalue weighted by Crippen LogP contribution is -1.99. The fraction of sp³-hybridized carbons (Fsp3) is 0.136. The van der Waals surface area contributed by atoms with Gasteiger partial charge in [0.1, 0.15) is 17.2 Å². The first-order valence-electron chi connectivity index (χ1n) is 8.88. The molecule has 6 nitrogen and oxygen atoms in total. The zero-order chi connectivity index (χ0) is 19.7. The predicted molar refractivity (Wildman–Crippen MR) is 110 cm³/mol. The van der Waals surface area contributed by atoms with E-state index in [-0.39, 0.29) is 5.75 Å². The highest BCUT2D eigenvalue weighted by molar-refractivity contribution is 5.82. The number of ether oxygens (including phenoxy) is 2. The summed E-state index contributed by atoms with van der Waals surface area (Å²) in [4.78, 5) is 4.83. The van der Waals surface area contributed by atoms with Crippen molar-refractivity contribution in [3.05, 3.63) is 66.4 Å². The number of nitrogens with zero attached hydrogens (tertiary/aromatic N) is 2. The minimum atomic E-state index is -0.0359. The fourth-order valence-corrected chi connectivity index (χ4v) is 3.26. The number of hydrogen-bond donors (Lipinski definition) is 2. The Hall–Kier alpha value is -3.67. The van der Waals surface area contributed by atoms with Crippen molar-refractivity contribution in [2.75, 3.05) is 19.5 Å². The third-order valence-electron chi connectivity index (χ3n) is 4.63. The van der Waals surface area contributed by atoms with Gasteiger partial charge in [0.15, 0.2) is 11.5 Å². The number of pyridine rings is 1. The van der Waals surface area contributed by atoms with Crippen molar-refractivity contribution in [1.29, 1.82) is 0 Å². The molecule has 0 aliphatic rings. The zero-order valence-corrected chi connectivity index (χ0v) is 15.9. The van der Waals surface area contributed by atoms with Gasteiger partial charge in [-0.2, -0.15) is 0 Å². The summed E-state index contributed by atoms with van der Waals surface area (Å²) in [7, 11) is 3.02. The quantitative estimate of drug-likeness (QED) is 0.526. The van der Waals surface area contributed by atoms with Crippen LogP contribution in [0.4, 0.5) is 11.5 Å². The van der Waals surface area contributed by atoms with E-state index in [9.17, 15) is 5.11 Å². The van der Waals surface area contributed by atoms with Crippen molar-refractivity contribution in [2.24, 2.45) is 0 Å². The van der Waals surface area contributed by atoms with Crippen LogP contribution in [0.3, 0.4) is 0 Å². The number of methoxy groups -OCH3 is 2. The van der Waals surface area contributed by atoms with Gasteiger partial charge in [0.2, 0.25) is 5.75 Å². The van der Waals surface area contributed by atoms with E-state index in [0.29, 0.717) is 11.5 Å². The molecule has 28 heavy (non-hydrogen) atoms. The van der Waals surface area contributed by atoms with Gasteiger partial charge >= 0.3 is 0 Å². The second-order valence-corrected chi connectivity index (χ2v) is 6.39. The number of rotatable bonds is 5. The normalized spacial score (nSPS) is 10.8. The number of hydrogen-bond acceptors (Lipinski definition) is 5. The van der Waals surface area contributed by atoms with Crippen LogP contribution in [0.5, 0.6) is 17.2 Å². The maximum absolute atomic E-state index is 10.3. The van der Waals surface area contributed by atoms with Gasteiger partial charge in [0.25, 0.3) is 0 Å². The van der Waals surface area contributed by atoms with Gasteiger partial charge in [-0.05, 0) is 43.3 Å². The van der Waals surface area contributed by atoms with Crippen molar-refractivity contribution < 1.29 is 14.6 Å². The van der Waals surface area contributed by atoms with E-state index in [4.69, 9.17) is 14.5 Å². The van der Waals surface area contributed by atoms with E-state index in [1.54, 1.807) is 12.1 Å². The highest BCUT2D eigenvalue weighted by atomic mass is 16.5. The Morgan fingerprint density at radius 3 is 2.25 bits per heavy atom. The number of phenolic OH excluding ortho intramolecular Hbond substituents is 1. The number of fused-ring (bicyclic) bond motifs is 1. The van der Waals surface area contributed by atoms with Gasteiger partial charge in [-0.1, -0.05) is 24.3 Å². The van der Waals surface area contributed by atoms with Crippen molar-refractivity contribution in [3.63, 3.8) is 0 Å². The van der Waals surface area contributed by atoms with E-state index < -0.39 is 0 Å². The number of phenols is 1. The summed E-state index contributed by atoms with van der Waals surface area (Å²) in [5.41, 5.74) is 4.32. The summed E-state index contributed by atoms with van der Waals surface area (Å²) in [6.07, 6.45) is 0. The van der Waals surface area contributed by atoms with E-state index in [1.165, 1.54) is 14.2 Å². The molecule has 2 N–H and O–H groups in total. The average Bonchev–Trinajstić information content (AvgIpc) is 3.08. The fourth-order valence-electron chi connectivity index (χ4n) is 3.26. The molecule has 2 heterocycles. The number of benzene rings is 2. The Morgan fingerprint density at radius 2 is 1.61 bits per heavy atom. The monoisotopic (exact) mass is 375 g/mol. The third-order valence-corrected chi connectivity index (χ3v) is 4.63. The largest absolute Gasteiger partial charge is 0.502 e. The molecule has 0 spiro atoms. The maximum Gasteiger partial charge on any atom is 0.200 e. The van der Waals surface area contributed by atoms with Crippen molar-refractivity contribution in [1.82, 2.24) is 9.38 Å². The Kier molecular flexibility index (Phi) is 4.53. The van der Waals surface area contributed by atoms with E-state index in [0.717, 1.165) is 34.1 Å². The Bertz CT molecular complexity index is 1110. The minimum absolute atomic E-state index is 0.0359. The molecule has 0 atom stereocenters. The van der Waals surface area contributed by atoms with Crippen molar-refractivity contribution in [2.45, 2.75) is 6.92 Å². The Morgan fingerprint density at radius 1 is 0.929 bits per heavy atom. The Labute approximate surface area is 163 Å². The summed E-state index contributed by atoms with van der Waals surface area (Å²) < 4.78 is 12.7. The molecule has 0 radical (unpaired) electrons. The lowest BCUT2D eigenvalue weighted by atomic mass is 10.1. The maximum atomic E-state index is 10.3. The molecule has 0 saturated heterocycles.